The van der Waals surface area contributed by atoms with Gasteiger partial charge in [0.1, 0.15) is 0 Å². The minimum atomic E-state index is -0.258. The van der Waals surface area contributed by atoms with Crippen LogP contribution < -0.4 is 11.1 Å². The van der Waals surface area contributed by atoms with Crippen LogP contribution in [-0.4, -0.2) is 17.6 Å². The smallest absolute Gasteiger partial charge is 0.311 e. The molecule has 2 rings (SSSR count). The molecule has 0 aliphatic carbocycles. The summed E-state index contributed by atoms with van der Waals surface area (Å²) in [4.78, 5) is 15.8. The maximum Gasteiger partial charge on any atom is 0.311 e. The lowest BCUT2D eigenvalue weighted by Gasteiger charge is -2.07. The predicted molar refractivity (Wildman–Crippen MR) is 86.0 cm³/mol. The van der Waals surface area contributed by atoms with Crippen molar-refractivity contribution in [3.05, 3.63) is 34.8 Å². The Morgan fingerprint density at radius 2 is 2.24 bits per heavy atom. The highest BCUT2D eigenvalue weighted by atomic mass is 32.1. The quantitative estimate of drug-likeness (QED) is 0.633. The largest absolute Gasteiger partial charge is 0.466 e. The normalized spacial score (nSPS) is 10.4. The molecule has 0 unspecified atom stereocenters. The van der Waals surface area contributed by atoms with Gasteiger partial charge >= 0.3 is 5.97 Å². The summed E-state index contributed by atoms with van der Waals surface area (Å²) < 4.78 is 4.90. The number of nitrogens with two attached hydrogens (primary N) is 1. The first kappa shape index (κ1) is 15.3. The second-order valence-corrected chi connectivity index (χ2v) is 5.38. The van der Waals surface area contributed by atoms with Crippen LogP contribution >= 0.6 is 11.3 Å². The fraction of sp³-hybridized carbons (Fsp3) is 0.333. The molecule has 0 radical (unpaired) electrons. The van der Waals surface area contributed by atoms with Crippen molar-refractivity contribution in [3.8, 4) is 0 Å². The van der Waals surface area contributed by atoms with E-state index in [1.807, 2.05) is 23.6 Å². The molecule has 6 heteroatoms. The SMILES string of the molecule is CCOC(=O)Cc1csc(Nc2ccc(CC)c(N)c2)n1. The van der Waals surface area contributed by atoms with Crippen LogP contribution in [-0.2, 0) is 22.4 Å². The number of hydrogen-bond donors (Lipinski definition) is 2. The number of nitrogens with zero attached hydrogens (tertiary/aromatic N) is 1. The minimum Gasteiger partial charge on any atom is -0.466 e. The van der Waals surface area contributed by atoms with E-state index < -0.39 is 0 Å². The van der Waals surface area contributed by atoms with Gasteiger partial charge in [0.2, 0.25) is 0 Å². The van der Waals surface area contributed by atoms with Crippen LogP contribution in [0.25, 0.3) is 0 Å². The Morgan fingerprint density at radius 3 is 2.90 bits per heavy atom. The van der Waals surface area contributed by atoms with Gasteiger partial charge in [0.15, 0.2) is 5.13 Å². The van der Waals surface area contributed by atoms with Crippen molar-refractivity contribution < 1.29 is 9.53 Å². The molecule has 1 aromatic carbocycles. The van der Waals surface area contributed by atoms with Crippen molar-refractivity contribution in [3.63, 3.8) is 0 Å². The number of aryl methyl sites for hydroxylation is 1. The molecule has 112 valence electrons. The highest BCUT2D eigenvalue weighted by Gasteiger charge is 2.09. The summed E-state index contributed by atoms with van der Waals surface area (Å²) in [6, 6.07) is 5.87. The molecular formula is C15H19N3O2S. The van der Waals surface area contributed by atoms with Crippen molar-refractivity contribution in [1.29, 1.82) is 0 Å². The van der Waals surface area contributed by atoms with E-state index in [1.165, 1.54) is 11.3 Å². The van der Waals surface area contributed by atoms with E-state index in [2.05, 4.69) is 17.2 Å². The molecule has 0 aliphatic heterocycles. The number of anilines is 3. The van der Waals surface area contributed by atoms with E-state index in [4.69, 9.17) is 10.5 Å². The highest BCUT2D eigenvalue weighted by molar-refractivity contribution is 7.13. The van der Waals surface area contributed by atoms with E-state index >= 15 is 0 Å². The number of carbonyl (C=O) groups excluding carboxylic acids is 1. The van der Waals surface area contributed by atoms with Gasteiger partial charge in [0.25, 0.3) is 0 Å². The average molecular weight is 305 g/mol. The third kappa shape index (κ3) is 4.19. The fourth-order valence-corrected chi connectivity index (χ4v) is 2.65. The van der Waals surface area contributed by atoms with Gasteiger partial charge in [-0.25, -0.2) is 4.98 Å². The first-order valence-electron chi connectivity index (χ1n) is 6.87. The number of rotatable bonds is 6. The molecule has 0 amide bonds. The molecular weight excluding hydrogens is 286 g/mol. The third-order valence-electron chi connectivity index (χ3n) is 2.96. The number of esters is 1. The molecule has 0 saturated carbocycles. The molecule has 3 N–H and O–H groups in total. The minimum absolute atomic E-state index is 0.197. The molecule has 1 aromatic heterocycles. The summed E-state index contributed by atoms with van der Waals surface area (Å²) in [6.45, 7) is 4.24. The number of hydrogen-bond acceptors (Lipinski definition) is 6. The Balaban J connectivity index is 2.02. The Bertz CT molecular complexity index is 625. The lowest BCUT2D eigenvalue weighted by Crippen LogP contribution is -2.07. The van der Waals surface area contributed by atoms with Gasteiger partial charge in [0, 0.05) is 16.8 Å². The molecule has 1 heterocycles. The predicted octanol–water partition coefficient (Wildman–Crippen LogP) is 3.14. The number of aromatic nitrogens is 1. The van der Waals surface area contributed by atoms with Crippen molar-refractivity contribution in [2.75, 3.05) is 17.7 Å². The zero-order valence-electron chi connectivity index (χ0n) is 12.2. The molecule has 0 fully saturated rings. The first-order chi connectivity index (χ1) is 10.1. The Labute approximate surface area is 128 Å². The zero-order valence-corrected chi connectivity index (χ0v) is 13.0. The molecule has 0 saturated heterocycles. The van der Waals surface area contributed by atoms with Gasteiger partial charge in [-0.1, -0.05) is 13.0 Å². The number of thiazole rings is 1. The van der Waals surface area contributed by atoms with Gasteiger partial charge in [-0.15, -0.1) is 11.3 Å². The lowest BCUT2D eigenvalue weighted by atomic mass is 10.1. The van der Waals surface area contributed by atoms with Crippen LogP contribution in [0, 0.1) is 0 Å². The number of benzene rings is 1. The van der Waals surface area contributed by atoms with Crippen LogP contribution in [0.3, 0.4) is 0 Å². The highest BCUT2D eigenvalue weighted by Crippen LogP contribution is 2.24. The summed E-state index contributed by atoms with van der Waals surface area (Å²) in [6.07, 6.45) is 1.11. The van der Waals surface area contributed by atoms with E-state index in [-0.39, 0.29) is 12.4 Å². The molecule has 0 atom stereocenters. The van der Waals surface area contributed by atoms with Crippen LogP contribution in [0.4, 0.5) is 16.5 Å². The van der Waals surface area contributed by atoms with Gasteiger partial charge in [-0.05, 0) is 31.0 Å². The van der Waals surface area contributed by atoms with E-state index in [0.717, 1.165) is 28.5 Å². The zero-order chi connectivity index (χ0) is 15.2. The summed E-state index contributed by atoms with van der Waals surface area (Å²) in [5.74, 6) is -0.258. The van der Waals surface area contributed by atoms with Gasteiger partial charge in [-0.2, -0.15) is 0 Å². The van der Waals surface area contributed by atoms with E-state index in [1.54, 1.807) is 6.92 Å². The molecule has 0 bridgehead atoms. The number of ether oxygens (including phenoxy) is 1. The van der Waals surface area contributed by atoms with Gasteiger partial charge in [-0.3, -0.25) is 4.79 Å². The molecule has 0 aliphatic rings. The van der Waals surface area contributed by atoms with Gasteiger partial charge in [0.05, 0.1) is 18.7 Å². The molecule has 2 aromatic rings. The Kier molecular flexibility index (Phi) is 5.16. The molecule has 0 spiro atoms. The molecule has 21 heavy (non-hydrogen) atoms. The lowest BCUT2D eigenvalue weighted by molar-refractivity contribution is -0.142. The maximum atomic E-state index is 11.4. The summed E-state index contributed by atoms with van der Waals surface area (Å²) in [5.41, 5.74) is 9.47. The summed E-state index contributed by atoms with van der Waals surface area (Å²) >= 11 is 1.45. The van der Waals surface area contributed by atoms with Crippen molar-refractivity contribution >= 4 is 33.8 Å². The molecule has 5 nitrogen and oxygen atoms in total. The van der Waals surface area contributed by atoms with Crippen LogP contribution in [0.2, 0.25) is 0 Å². The number of carbonyl (C=O) groups is 1. The Hall–Kier alpha value is -2.08. The standard InChI is InChI=1S/C15H19N3O2S/c1-3-10-5-6-11(7-13(10)16)17-15-18-12(9-21-15)8-14(19)20-4-2/h5-7,9H,3-4,8,16H2,1-2H3,(H,17,18). The van der Waals surface area contributed by atoms with Crippen LogP contribution in [0.5, 0.6) is 0 Å². The third-order valence-corrected chi connectivity index (χ3v) is 3.77. The number of nitrogen functional groups attached to an aromatic ring is 1. The maximum absolute atomic E-state index is 11.4. The Morgan fingerprint density at radius 1 is 1.43 bits per heavy atom. The van der Waals surface area contributed by atoms with E-state index in [0.29, 0.717) is 12.3 Å². The fourth-order valence-electron chi connectivity index (χ4n) is 1.92. The average Bonchev–Trinajstić information content (AvgIpc) is 2.86. The second kappa shape index (κ2) is 7.08. The van der Waals surface area contributed by atoms with Crippen LogP contribution in [0.15, 0.2) is 23.6 Å². The van der Waals surface area contributed by atoms with Gasteiger partial charge < -0.3 is 15.8 Å². The van der Waals surface area contributed by atoms with Crippen molar-refractivity contribution in [2.45, 2.75) is 26.7 Å². The van der Waals surface area contributed by atoms with Crippen molar-refractivity contribution in [2.24, 2.45) is 0 Å². The summed E-state index contributed by atoms with van der Waals surface area (Å²) in [7, 11) is 0. The first-order valence-corrected chi connectivity index (χ1v) is 7.75. The topological polar surface area (TPSA) is 77.2 Å². The van der Waals surface area contributed by atoms with Crippen LogP contribution in [0.1, 0.15) is 25.1 Å². The summed E-state index contributed by atoms with van der Waals surface area (Å²) in [5, 5.41) is 5.78. The van der Waals surface area contributed by atoms with E-state index in [9.17, 15) is 4.79 Å². The second-order valence-electron chi connectivity index (χ2n) is 4.52. The number of nitrogens with one attached hydrogen (secondary N) is 1. The van der Waals surface area contributed by atoms with Crippen molar-refractivity contribution in [1.82, 2.24) is 4.98 Å². The monoisotopic (exact) mass is 305 g/mol.